The summed E-state index contributed by atoms with van der Waals surface area (Å²) < 4.78 is 15.6. The molecule has 0 aromatic heterocycles. The van der Waals surface area contributed by atoms with Gasteiger partial charge in [0.05, 0.1) is 26.2 Å². The summed E-state index contributed by atoms with van der Waals surface area (Å²) in [7, 11) is 4.82. The molecule has 0 saturated carbocycles. The van der Waals surface area contributed by atoms with Gasteiger partial charge in [-0.2, -0.15) is 0 Å². The van der Waals surface area contributed by atoms with Crippen molar-refractivity contribution in [1.29, 1.82) is 0 Å². The molecular formula is C19H29NO5. The van der Waals surface area contributed by atoms with Gasteiger partial charge in [0.25, 0.3) is 0 Å². The normalized spacial score (nSPS) is 23.4. The number of carbonyl (C=O) groups excluding carboxylic acids is 1. The van der Waals surface area contributed by atoms with Crippen LogP contribution in [0.4, 0.5) is 0 Å². The monoisotopic (exact) mass is 351 g/mol. The Labute approximate surface area is 149 Å². The molecule has 2 atom stereocenters. The highest BCUT2D eigenvalue weighted by molar-refractivity contribution is 5.79. The Balaban J connectivity index is 2.01. The number of hydrogen-bond acceptors (Lipinski definition) is 5. The van der Waals surface area contributed by atoms with Crippen molar-refractivity contribution in [2.24, 2.45) is 5.92 Å². The minimum absolute atomic E-state index is 0.0121. The highest BCUT2D eigenvalue weighted by atomic mass is 16.5. The van der Waals surface area contributed by atoms with Gasteiger partial charge in [-0.05, 0) is 18.9 Å². The summed E-state index contributed by atoms with van der Waals surface area (Å²) in [5.74, 6) is 1.40. The molecule has 1 amide bonds. The fourth-order valence-corrected chi connectivity index (χ4v) is 3.32. The molecule has 0 radical (unpaired) electrons. The minimum Gasteiger partial charge on any atom is -0.497 e. The summed E-state index contributed by atoms with van der Waals surface area (Å²) >= 11 is 0. The summed E-state index contributed by atoms with van der Waals surface area (Å²) in [4.78, 5) is 14.5. The first kappa shape index (κ1) is 19.5. The molecule has 0 bridgehead atoms. The maximum atomic E-state index is 12.7. The second-order valence-electron chi connectivity index (χ2n) is 6.69. The second kappa shape index (κ2) is 8.54. The van der Waals surface area contributed by atoms with E-state index in [0.29, 0.717) is 44.0 Å². The average molecular weight is 351 g/mol. The Morgan fingerprint density at radius 2 is 2.08 bits per heavy atom. The van der Waals surface area contributed by atoms with Crippen molar-refractivity contribution in [3.8, 4) is 11.5 Å². The van der Waals surface area contributed by atoms with E-state index >= 15 is 0 Å². The number of piperidine rings is 1. The zero-order chi connectivity index (χ0) is 18.4. The van der Waals surface area contributed by atoms with Crippen LogP contribution in [-0.2, 0) is 16.0 Å². The first-order chi connectivity index (χ1) is 11.9. The number of carbonyl (C=O) groups is 1. The number of amides is 1. The van der Waals surface area contributed by atoms with Gasteiger partial charge in [0, 0.05) is 44.4 Å². The van der Waals surface area contributed by atoms with Crippen LogP contribution >= 0.6 is 0 Å². The number of hydrogen-bond donors (Lipinski definition) is 1. The minimum atomic E-state index is -0.759. The molecule has 1 aromatic rings. The molecule has 1 heterocycles. The molecule has 6 nitrogen and oxygen atoms in total. The smallest absolute Gasteiger partial charge is 0.227 e. The van der Waals surface area contributed by atoms with Gasteiger partial charge in [0.2, 0.25) is 5.91 Å². The van der Waals surface area contributed by atoms with Crippen LogP contribution in [0.5, 0.6) is 11.5 Å². The lowest BCUT2D eigenvalue weighted by atomic mass is 9.79. The van der Waals surface area contributed by atoms with E-state index in [1.807, 2.05) is 24.0 Å². The van der Waals surface area contributed by atoms with Gasteiger partial charge >= 0.3 is 0 Å². The highest BCUT2D eigenvalue weighted by Crippen LogP contribution is 2.32. The van der Waals surface area contributed by atoms with Crippen LogP contribution in [0.25, 0.3) is 0 Å². The lowest BCUT2D eigenvalue weighted by molar-refractivity contribution is -0.139. The Kier molecular flexibility index (Phi) is 6.67. The first-order valence-corrected chi connectivity index (χ1v) is 8.63. The van der Waals surface area contributed by atoms with E-state index in [9.17, 15) is 9.90 Å². The maximum absolute atomic E-state index is 12.7. The molecule has 1 aliphatic heterocycles. The fourth-order valence-electron chi connectivity index (χ4n) is 3.32. The van der Waals surface area contributed by atoms with E-state index < -0.39 is 5.60 Å². The van der Waals surface area contributed by atoms with Gasteiger partial charge in [-0.1, -0.05) is 13.0 Å². The van der Waals surface area contributed by atoms with Crippen molar-refractivity contribution >= 4 is 5.91 Å². The summed E-state index contributed by atoms with van der Waals surface area (Å²) in [6.45, 7) is 3.63. The molecule has 25 heavy (non-hydrogen) atoms. The Bertz CT molecular complexity index is 591. The van der Waals surface area contributed by atoms with Crippen molar-refractivity contribution in [1.82, 2.24) is 4.90 Å². The van der Waals surface area contributed by atoms with E-state index in [0.717, 1.165) is 5.56 Å². The molecule has 6 heteroatoms. The fraction of sp³-hybridized carbons (Fsp3) is 0.632. The summed E-state index contributed by atoms with van der Waals surface area (Å²) in [6.07, 6.45) is 1.44. The van der Waals surface area contributed by atoms with Crippen molar-refractivity contribution in [3.63, 3.8) is 0 Å². The summed E-state index contributed by atoms with van der Waals surface area (Å²) in [5, 5.41) is 10.7. The van der Waals surface area contributed by atoms with Gasteiger partial charge in [0.1, 0.15) is 11.5 Å². The third-order valence-electron chi connectivity index (χ3n) is 5.15. The molecule has 1 aliphatic rings. The molecule has 1 N–H and O–H groups in total. The van der Waals surface area contributed by atoms with E-state index in [1.165, 1.54) is 0 Å². The standard InChI is InChI=1S/C19H29NO5/c1-14-13-20(9-7-19(14,22)8-10-23-2)18(21)11-15-5-6-16(24-3)12-17(15)25-4/h5-6,12,14,22H,7-11,13H2,1-4H3/t14-,19-/m1/s1. The lowest BCUT2D eigenvalue weighted by Crippen LogP contribution is -2.53. The number of aliphatic hydroxyl groups is 1. The van der Waals surface area contributed by atoms with Crippen LogP contribution < -0.4 is 9.47 Å². The van der Waals surface area contributed by atoms with Crippen molar-refractivity contribution in [2.45, 2.75) is 31.8 Å². The van der Waals surface area contributed by atoms with Gasteiger partial charge in [-0.3, -0.25) is 4.79 Å². The van der Waals surface area contributed by atoms with Crippen molar-refractivity contribution in [2.75, 3.05) is 41.0 Å². The van der Waals surface area contributed by atoms with Crippen LogP contribution in [0.2, 0.25) is 0 Å². The van der Waals surface area contributed by atoms with Crippen LogP contribution in [-0.4, -0.2) is 62.5 Å². The molecule has 1 saturated heterocycles. The largest absolute Gasteiger partial charge is 0.497 e. The molecular weight excluding hydrogens is 322 g/mol. The molecule has 0 unspecified atom stereocenters. The molecule has 140 valence electrons. The number of likely N-dealkylation sites (tertiary alicyclic amines) is 1. The van der Waals surface area contributed by atoms with Crippen LogP contribution in [0.3, 0.4) is 0 Å². The zero-order valence-electron chi connectivity index (χ0n) is 15.6. The van der Waals surface area contributed by atoms with Gasteiger partial charge in [-0.15, -0.1) is 0 Å². The van der Waals surface area contributed by atoms with Crippen molar-refractivity contribution < 1.29 is 24.1 Å². The average Bonchev–Trinajstić information content (AvgIpc) is 2.62. The number of ether oxygens (including phenoxy) is 3. The van der Waals surface area contributed by atoms with E-state index in [4.69, 9.17) is 14.2 Å². The second-order valence-corrected chi connectivity index (χ2v) is 6.69. The van der Waals surface area contributed by atoms with Crippen LogP contribution in [0.1, 0.15) is 25.3 Å². The highest BCUT2D eigenvalue weighted by Gasteiger charge is 2.39. The Hall–Kier alpha value is -1.79. The molecule has 0 spiro atoms. The SMILES string of the molecule is COCC[C@]1(O)CCN(C(=O)Cc2ccc(OC)cc2OC)C[C@H]1C. The van der Waals surface area contributed by atoms with Crippen LogP contribution in [0.15, 0.2) is 18.2 Å². The van der Waals surface area contributed by atoms with Crippen LogP contribution in [0, 0.1) is 5.92 Å². The molecule has 1 fully saturated rings. The summed E-state index contributed by atoms with van der Waals surface area (Å²) in [5.41, 5.74) is 0.0751. The predicted octanol–water partition coefficient (Wildman–Crippen LogP) is 1.88. The van der Waals surface area contributed by atoms with Gasteiger partial charge in [0.15, 0.2) is 0 Å². The number of rotatable bonds is 7. The third kappa shape index (κ3) is 4.64. The Morgan fingerprint density at radius 1 is 1.32 bits per heavy atom. The maximum Gasteiger partial charge on any atom is 0.227 e. The van der Waals surface area contributed by atoms with Gasteiger partial charge < -0.3 is 24.2 Å². The quantitative estimate of drug-likeness (QED) is 0.812. The van der Waals surface area contributed by atoms with E-state index in [1.54, 1.807) is 27.4 Å². The molecule has 2 rings (SSSR count). The zero-order valence-corrected chi connectivity index (χ0v) is 15.6. The molecule has 1 aromatic carbocycles. The number of benzene rings is 1. The van der Waals surface area contributed by atoms with Gasteiger partial charge in [-0.25, -0.2) is 0 Å². The first-order valence-electron chi connectivity index (χ1n) is 8.63. The summed E-state index contributed by atoms with van der Waals surface area (Å²) in [6, 6.07) is 5.47. The lowest BCUT2D eigenvalue weighted by Gasteiger charge is -2.43. The predicted molar refractivity (Wildman–Crippen MR) is 95.1 cm³/mol. The molecule has 0 aliphatic carbocycles. The topological polar surface area (TPSA) is 68.2 Å². The van der Waals surface area contributed by atoms with E-state index in [2.05, 4.69) is 0 Å². The van der Waals surface area contributed by atoms with E-state index in [-0.39, 0.29) is 18.2 Å². The third-order valence-corrected chi connectivity index (χ3v) is 5.15. The number of methoxy groups -OCH3 is 3. The number of nitrogens with zero attached hydrogens (tertiary/aromatic N) is 1. The Morgan fingerprint density at radius 3 is 2.68 bits per heavy atom. The van der Waals surface area contributed by atoms with Crippen molar-refractivity contribution in [3.05, 3.63) is 23.8 Å².